The summed E-state index contributed by atoms with van der Waals surface area (Å²) in [4.78, 5) is 40.1. The van der Waals surface area contributed by atoms with Crippen molar-refractivity contribution in [2.75, 3.05) is 37.7 Å². The highest BCUT2D eigenvalue weighted by Gasteiger charge is 2.39. The Kier molecular flexibility index (Phi) is 7.07. The predicted molar refractivity (Wildman–Crippen MR) is 156 cm³/mol. The number of nitrogens with zero attached hydrogens (tertiary/aromatic N) is 4. The van der Waals surface area contributed by atoms with Gasteiger partial charge < -0.3 is 19.3 Å². The molecule has 3 aromatic carbocycles. The molecule has 1 fully saturated rings. The predicted octanol–water partition coefficient (Wildman–Crippen LogP) is 5.27. The molecule has 42 heavy (non-hydrogen) atoms. The van der Waals surface area contributed by atoms with Crippen LogP contribution in [0, 0.1) is 15.9 Å². The summed E-state index contributed by atoms with van der Waals surface area (Å²) in [6.07, 6.45) is 1.16. The van der Waals surface area contributed by atoms with Crippen LogP contribution < -0.4 is 15.1 Å². The number of aromatic nitrogens is 1. The van der Waals surface area contributed by atoms with Gasteiger partial charge in [-0.2, -0.15) is 4.39 Å². The van der Waals surface area contributed by atoms with Crippen LogP contribution in [0.1, 0.15) is 40.5 Å². The number of hydrogen-bond acceptors (Lipinski definition) is 7. The third-order valence-electron chi connectivity index (χ3n) is 7.97. The lowest BCUT2D eigenvalue weighted by Crippen LogP contribution is -2.48. The van der Waals surface area contributed by atoms with Crippen molar-refractivity contribution in [3.63, 3.8) is 0 Å². The van der Waals surface area contributed by atoms with Crippen LogP contribution in [0.3, 0.4) is 0 Å². The molecule has 1 N–H and O–H groups in total. The Labute approximate surface area is 244 Å². The molecule has 3 heterocycles. The van der Waals surface area contributed by atoms with Gasteiger partial charge in [-0.15, -0.1) is 0 Å². The van der Waals surface area contributed by atoms with E-state index in [9.17, 15) is 24.8 Å². The van der Waals surface area contributed by atoms with E-state index in [0.717, 1.165) is 17.3 Å². The number of hydrogen-bond donors (Lipinski definition) is 1. The smallest absolute Gasteiger partial charge is 0.341 e. The second-order valence-corrected chi connectivity index (χ2v) is 10.9. The van der Waals surface area contributed by atoms with Crippen molar-refractivity contribution in [1.82, 2.24) is 9.47 Å². The number of carbonyl (C=O) groups is 1. The average Bonchev–Trinajstić information content (AvgIpc) is 2.97. The molecule has 1 aromatic heterocycles. The van der Waals surface area contributed by atoms with E-state index in [-0.39, 0.29) is 29.6 Å². The molecule has 0 spiro atoms. The van der Waals surface area contributed by atoms with Gasteiger partial charge in [-0.05, 0) is 30.2 Å². The maximum absolute atomic E-state index is 16.2. The Morgan fingerprint density at radius 3 is 2.36 bits per heavy atom. The molecule has 2 aliphatic heterocycles. The van der Waals surface area contributed by atoms with Gasteiger partial charge in [-0.3, -0.25) is 19.8 Å². The Balaban J connectivity index is 1.43. The molecule has 2 aliphatic rings. The molecule has 2 atom stereocenters. The van der Waals surface area contributed by atoms with Gasteiger partial charge >= 0.3 is 11.7 Å². The highest BCUT2D eigenvalue weighted by Crippen LogP contribution is 2.47. The molecular weight excluding hydrogens is 567 g/mol. The molecule has 216 valence electrons. The number of ether oxygens (including phenoxy) is 1. The molecule has 1 saturated heterocycles. The van der Waals surface area contributed by atoms with Crippen LogP contribution >= 0.6 is 11.6 Å². The lowest BCUT2D eigenvalue weighted by Gasteiger charge is -2.41. The van der Waals surface area contributed by atoms with Crippen molar-refractivity contribution >= 4 is 39.8 Å². The Morgan fingerprint density at radius 2 is 1.74 bits per heavy atom. The Morgan fingerprint density at radius 1 is 1.10 bits per heavy atom. The van der Waals surface area contributed by atoms with E-state index < -0.39 is 44.8 Å². The van der Waals surface area contributed by atoms with Gasteiger partial charge in [0.05, 0.1) is 17.0 Å². The topological polar surface area (TPSA) is 118 Å². The number of rotatable bonds is 6. The van der Waals surface area contributed by atoms with Crippen molar-refractivity contribution in [2.24, 2.45) is 0 Å². The van der Waals surface area contributed by atoms with Gasteiger partial charge in [0.25, 0.3) is 0 Å². The molecule has 12 heteroatoms. The summed E-state index contributed by atoms with van der Waals surface area (Å²) in [5.74, 6) is -2.76. The summed E-state index contributed by atoms with van der Waals surface area (Å²) < 4.78 is 23.6. The Bertz CT molecular complexity index is 1770. The molecule has 0 amide bonds. The van der Waals surface area contributed by atoms with Crippen LogP contribution in [0.4, 0.5) is 15.8 Å². The molecule has 0 radical (unpaired) electrons. The normalized spacial score (nSPS) is 17.6. The number of carboxylic acids is 1. The number of anilines is 1. The highest BCUT2D eigenvalue weighted by molar-refractivity contribution is 6.30. The van der Waals surface area contributed by atoms with E-state index in [0.29, 0.717) is 31.2 Å². The minimum Gasteiger partial charge on any atom is -0.487 e. The van der Waals surface area contributed by atoms with Crippen molar-refractivity contribution < 1.29 is 24.0 Å². The fourth-order valence-electron chi connectivity index (χ4n) is 5.99. The largest absolute Gasteiger partial charge is 0.487 e. The number of pyridine rings is 1. The van der Waals surface area contributed by atoms with E-state index in [1.807, 2.05) is 54.6 Å². The van der Waals surface area contributed by atoms with Gasteiger partial charge in [0.2, 0.25) is 11.2 Å². The SMILES string of the molecule is CC1COc2c(N3CCN(C(c4ccccc4)c4ccc(Cl)cc4)CC3)c(F)c([N+](=O)[O-])c3c(=O)c(C(=O)O)cn1c23. The summed E-state index contributed by atoms with van der Waals surface area (Å²) in [5, 5.41) is 21.8. The monoisotopic (exact) mass is 592 g/mol. The van der Waals surface area contributed by atoms with Gasteiger partial charge in [0.15, 0.2) is 5.75 Å². The number of nitro benzene ring substituents is 1. The first kappa shape index (κ1) is 27.7. The van der Waals surface area contributed by atoms with E-state index in [2.05, 4.69) is 4.90 Å². The van der Waals surface area contributed by atoms with E-state index >= 15 is 4.39 Å². The van der Waals surface area contributed by atoms with Crippen molar-refractivity contribution in [2.45, 2.75) is 19.0 Å². The van der Waals surface area contributed by atoms with Crippen molar-refractivity contribution in [3.05, 3.63) is 109 Å². The van der Waals surface area contributed by atoms with Gasteiger partial charge in [-0.1, -0.05) is 54.1 Å². The summed E-state index contributed by atoms with van der Waals surface area (Å²) in [7, 11) is 0. The maximum atomic E-state index is 16.2. The standard InChI is InChI=1S/C30H26ClFN4O6/c1-17-16-42-29-26-22(28(37)21(30(38)39)15-35(17)26)25(36(40)41)23(32)27(29)34-13-11-33(12-14-34)24(18-5-3-2-4-6-18)19-7-9-20(31)10-8-19/h2-10,15,17,24H,11-14,16H2,1H3,(H,38,39). The summed E-state index contributed by atoms with van der Waals surface area (Å²) in [5.41, 5.74) is -0.793. The van der Waals surface area contributed by atoms with Crippen LogP contribution in [0.15, 0.2) is 65.6 Å². The number of carboxylic acid groups (broad SMARTS) is 1. The zero-order valence-corrected chi connectivity index (χ0v) is 23.3. The van der Waals surface area contributed by atoms with Crippen LogP contribution in [-0.4, -0.2) is 58.3 Å². The maximum Gasteiger partial charge on any atom is 0.341 e. The molecule has 6 rings (SSSR count). The van der Waals surface area contributed by atoms with Crippen LogP contribution in [0.5, 0.6) is 5.75 Å². The molecule has 0 saturated carbocycles. The van der Waals surface area contributed by atoms with E-state index in [4.69, 9.17) is 16.3 Å². The zero-order chi connectivity index (χ0) is 29.7. The fraction of sp³-hybridized carbons (Fsp3) is 0.267. The molecular formula is C30H26ClFN4O6. The van der Waals surface area contributed by atoms with Gasteiger partial charge in [-0.25, -0.2) is 4.79 Å². The van der Waals surface area contributed by atoms with E-state index in [1.165, 1.54) is 4.57 Å². The number of nitro groups is 1. The van der Waals surface area contributed by atoms with Gasteiger partial charge in [0.1, 0.15) is 28.8 Å². The van der Waals surface area contributed by atoms with Gasteiger partial charge in [0, 0.05) is 37.4 Å². The second-order valence-electron chi connectivity index (χ2n) is 10.5. The molecule has 10 nitrogen and oxygen atoms in total. The minimum absolute atomic E-state index is 0.00555. The average molecular weight is 593 g/mol. The molecule has 2 unspecified atom stereocenters. The van der Waals surface area contributed by atoms with Crippen LogP contribution in [0.2, 0.25) is 5.02 Å². The second kappa shape index (κ2) is 10.7. The lowest BCUT2D eigenvalue weighted by molar-refractivity contribution is -0.385. The quantitative estimate of drug-likeness (QED) is 0.238. The summed E-state index contributed by atoms with van der Waals surface area (Å²) in [6.45, 7) is 3.43. The number of benzene rings is 3. The van der Waals surface area contributed by atoms with Crippen LogP contribution in [0.25, 0.3) is 10.9 Å². The number of halogens is 2. The van der Waals surface area contributed by atoms with E-state index in [1.54, 1.807) is 11.8 Å². The third-order valence-corrected chi connectivity index (χ3v) is 8.22. The first-order chi connectivity index (χ1) is 20.2. The molecule has 0 bridgehead atoms. The van der Waals surface area contributed by atoms with Crippen molar-refractivity contribution in [3.8, 4) is 5.75 Å². The minimum atomic E-state index is -1.55. The first-order valence-electron chi connectivity index (χ1n) is 13.4. The summed E-state index contributed by atoms with van der Waals surface area (Å²) >= 11 is 6.15. The third kappa shape index (κ3) is 4.54. The lowest BCUT2D eigenvalue weighted by atomic mass is 9.96. The van der Waals surface area contributed by atoms with Crippen molar-refractivity contribution in [1.29, 1.82) is 0 Å². The number of piperazine rings is 1. The molecule has 4 aromatic rings. The highest BCUT2D eigenvalue weighted by atomic mass is 35.5. The first-order valence-corrected chi connectivity index (χ1v) is 13.8. The fourth-order valence-corrected chi connectivity index (χ4v) is 6.12. The molecule has 0 aliphatic carbocycles. The zero-order valence-electron chi connectivity index (χ0n) is 22.5. The number of aromatic carboxylic acids is 1. The summed E-state index contributed by atoms with van der Waals surface area (Å²) in [6, 6.07) is 17.1. The van der Waals surface area contributed by atoms with Crippen LogP contribution in [-0.2, 0) is 0 Å². The Hall–Kier alpha value is -4.48.